The van der Waals surface area contributed by atoms with E-state index in [1.807, 2.05) is 43.7 Å². The number of ketones is 1. The monoisotopic (exact) mass is 443 g/mol. The molecule has 4 saturated carbocycles. The Morgan fingerprint density at radius 1 is 1.15 bits per heavy atom. The first-order valence-electron chi connectivity index (χ1n) is 11.8. The van der Waals surface area contributed by atoms with Gasteiger partial charge in [-0.25, -0.2) is 9.97 Å². The van der Waals surface area contributed by atoms with E-state index < -0.39 is 5.60 Å². The fraction of sp³-hybridized carbons (Fsp3) is 0.462. The predicted octanol–water partition coefficient (Wildman–Crippen LogP) is 3.89. The molecule has 2 heterocycles. The fourth-order valence-electron chi connectivity index (χ4n) is 6.90. The summed E-state index contributed by atoms with van der Waals surface area (Å²) < 4.78 is 1.77. The van der Waals surface area contributed by atoms with Crippen molar-refractivity contribution in [3.05, 3.63) is 48.5 Å². The van der Waals surface area contributed by atoms with Gasteiger partial charge in [0, 0.05) is 30.8 Å². The number of carbonyl (C=O) groups is 1. The quantitative estimate of drug-likeness (QED) is 0.580. The molecule has 7 rings (SSSR count). The molecule has 170 valence electrons. The van der Waals surface area contributed by atoms with Gasteiger partial charge < -0.3 is 10.8 Å². The second-order valence-electron chi connectivity index (χ2n) is 10.5. The third-order valence-electron chi connectivity index (χ3n) is 8.12. The Balaban J connectivity index is 1.26. The normalized spacial score (nSPS) is 30.0. The number of rotatable bonds is 5. The second kappa shape index (κ2) is 7.48. The number of aromatic nitrogens is 4. The van der Waals surface area contributed by atoms with E-state index in [0.29, 0.717) is 35.8 Å². The van der Waals surface area contributed by atoms with Crippen LogP contribution in [-0.2, 0) is 7.05 Å². The molecule has 2 unspecified atom stereocenters. The summed E-state index contributed by atoms with van der Waals surface area (Å²) in [5.74, 6) is 1.95. The highest BCUT2D eigenvalue weighted by molar-refractivity contribution is 5.98. The number of nitrogen functional groups attached to an aromatic ring is 1. The topological polar surface area (TPSA) is 107 Å². The van der Waals surface area contributed by atoms with Gasteiger partial charge in [0.05, 0.1) is 23.7 Å². The highest BCUT2D eigenvalue weighted by Gasteiger charge is 2.54. The van der Waals surface area contributed by atoms with Crippen LogP contribution in [-0.4, -0.2) is 36.2 Å². The minimum absolute atomic E-state index is 0.0327. The van der Waals surface area contributed by atoms with Crippen molar-refractivity contribution in [2.75, 3.05) is 5.73 Å². The maximum absolute atomic E-state index is 13.4. The molecule has 0 spiro atoms. The van der Waals surface area contributed by atoms with Gasteiger partial charge in [0.15, 0.2) is 11.6 Å². The molecular weight excluding hydrogens is 414 g/mol. The van der Waals surface area contributed by atoms with Crippen LogP contribution in [0, 0.1) is 23.7 Å². The van der Waals surface area contributed by atoms with Crippen molar-refractivity contribution in [1.82, 2.24) is 19.7 Å². The summed E-state index contributed by atoms with van der Waals surface area (Å²) in [5.41, 5.74) is 9.46. The molecule has 4 aliphatic carbocycles. The molecule has 2 aromatic heterocycles. The average molecular weight is 444 g/mol. The number of aryl methyl sites for hydroxylation is 1. The van der Waals surface area contributed by atoms with E-state index in [-0.39, 0.29) is 17.3 Å². The molecule has 4 bridgehead atoms. The van der Waals surface area contributed by atoms with Crippen LogP contribution in [0.1, 0.15) is 49.0 Å². The van der Waals surface area contributed by atoms with E-state index in [1.165, 1.54) is 0 Å². The van der Waals surface area contributed by atoms with E-state index in [2.05, 4.69) is 15.1 Å². The van der Waals surface area contributed by atoms with Gasteiger partial charge >= 0.3 is 0 Å². The van der Waals surface area contributed by atoms with E-state index in [4.69, 9.17) is 5.73 Å². The number of benzene rings is 1. The zero-order chi connectivity index (χ0) is 22.7. The van der Waals surface area contributed by atoms with Gasteiger partial charge in [-0.3, -0.25) is 9.48 Å². The van der Waals surface area contributed by atoms with Gasteiger partial charge in [0.25, 0.3) is 0 Å². The standard InChI is InChI=1S/C26H29N5O2/c1-31-14-20(12-29-31)16-3-2-4-17(7-16)22-13-28-25(27)24(30-22)23(32)8-21-18-5-15-6-19(21)11-26(33,9-15)10-18/h2-4,7,12-15,18-19,21,33H,5-6,8-11H2,1H3,(H2,27,28). The van der Waals surface area contributed by atoms with Crippen LogP contribution in [0.5, 0.6) is 0 Å². The molecule has 1 aromatic carbocycles. The van der Waals surface area contributed by atoms with Gasteiger partial charge in [-0.2, -0.15) is 5.10 Å². The van der Waals surface area contributed by atoms with Crippen LogP contribution < -0.4 is 5.73 Å². The molecule has 33 heavy (non-hydrogen) atoms. The number of hydrogen-bond acceptors (Lipinski definition) is 6. The molecular formula is C26H29N5O2. The number of anilines is 1. The molecule has 0 aliphatic heterocycles. The molecule has 3 N–H and O–H groups in total. The summed E-state index contributed by atoms with van der Waals surface area (Å²) >= 11 is 0. The number of aliphatic hydroxyl groups is 1. The van der Waals surface area contributed by atoms with Crippen LogP contribution in [0.4, 0.5) is 5.82 Å². The smallest absolute Gasteiger partial charge is 0.185 e. The number of carbonyl (C=O) groups excluding carboxylic acids is 1. The van der Waals surface area contributed by atoms with Crippen molar-refractivity contribution in [2.45, 2.75) is 44.1 Å². The fourth-order valence-corrected chi connectivity index (χ4v) is 6.90. The Morgan fingerprint density at radius 2 is 1.91 bits per heavy atom. The van der Waals surface area contributed by atoms with Crippen LogP contribution >= 0.6 is 0 Å². The Bertz CT molecular complexity index is 1220. The van der Waals surface area contributed by atoms with Crippen molar-refractivity contribution in [1.29, 1.82) is 0 Å². The third kappa shape index (κ3) is 3.64. The summed E-state index contributed by atoms with van der Waals surface area (Å²) in [6, 6.07) is 7.99. The van der Waals surface area contributed by atoms with Crippen molar-refractivity contribution in [2.24, 2.45) is 30.7 Å². The average Bonchev–Trinajstić information content (AvgIpc) is 3.22. The lowest BCUT2D eigenvalue weighted by Gasteiger charge is -2.58. The summed E-state index contributed by atoms with van der Waals surface area (Å²) in [5, 5.41) is 15.1. The highest BCUT2D eigenvalue weighted by atomic mass is 16.3. The van der Waals surface area contributed by atoms with Gasteiger partial charge in [0.2, 0.25) is 0 Å². The first kappa shape index (κ1) is 20.5. The number of nitrogens with zero attached hydrogens (tertiary/aromatic N) is 4. The molecule has 0 saturated heterocycles. The lowest BCUT2D eigenvalue weighted by atomic mass is 9.49. The lowest BCUT2D eigenvalue weighted by molar-refractivity contribution is -0.151. The Hall–Kier alpha value is -3.06. The molecule has 4 aliphatic rings. The molecule has 3 aromatic rings. The third-order valence-corrected chi connectivity index (χ3v) is 8.12. The zero-order valence-corrected chi connectivity index (χ0v) is 18.8. The van der Waals surface area contributed by atoms with E-state index in [9.17, 15) is 9.90 Å². The van der Waals surface area contributed by atoms with Gasteiger partial charge in [-0.15, -0.1) is 0 Å². The molecule has 0 amide bonds. The number of Topliss-reactive ketones (excluding diaryl/α,β-unsaturated/α-hetero) is 1. The SMILES string of the molecule is Cn1cc(-c2cccc(-c3cnc(N)c(C(=O)CC4C5CC6CC4CC(O)(C6)C5)n3)c2)cn1. The predicted molar refractivity (Wildman–Crippen MR) is 125 cm³/mol. The number of nitrogens with two attached hydrogens (primary N) is 1. The second-order valence-corrected chi connectivity index (χ2v) is 10.5. The van der Waals surface area contributed by atoms with E-state index in [1.54, 1.807) is 10.9 Å². The van der Waals surface area contributed by atoms with Crippen molar-refractivity contribution in [3.63, 3.8) is 0 Å². The molecule has 2 atom stereocenters. The molecule has 0 radical (unpaired) electrons. The summed E-state index contributed by atoms with van der Waals surface area (Å²) in [6.07, 6.45) is 10.7. The molecule has 7 nitrogen and oxygen atoms in total. The highest BCUT2D eigenvalue weighted by Crippen LogP contribution is 2.59. The summed E-state index contributed by atoms with van der Waals surface area (Å²) in [6.45, 7) is 0. The summed E-state index contributed by atoms with van der Waals surface area (Å²) in [4.78, 5) is 22.3. The first-order valence-corrected chi connectivity index (χ1v) is 11.8. The first-order chi connectivity index (χ1) is 15.9. The molecule has 4 fully saturated rings. The molecule has 7 heteroatoms. The van der Waals surface area contributed by atoms with E-state index in [0.717, 1.165) is 48.8 Å². The zero-order valence-electron chi connectivity index (χ0n) is 18.8. The Morgan fingerprint density at radius 3 is 2.61 bits per heavy atom. The Kier molecular flexibility index (Phi) is 4.66. The largest absolute Gasteiger partial charge is 0.390 e. The van der Waals surface area contributed by atoms with Crippen LogP contribution in [0.15, 0.2) is 42.9 Å². The maximum Gasteiger partial charge on any atom is 0.185 e. The van der Waals surface area contributed by atoms with Crippen molar-refractivity contribution in [3.8, 4) is 22.4 Å². The van der Waals surface area contributed by atoms with Gasteiger partial charge in [0.1, 0.15) is 5.69 Å². The summed E-state index contributed by atoms with van der Waals surface area (Å²) in [7, 11) is 1.89. The number of hydrogen-bond donors (Lipinski definition) is 2. The minimum atomic E-state index is -0.492. The van der Waals surface area contributed by atoms with Gasteiger partial charge in [-0.05, 0) is 67.4 Å². The Labute approximate surface area is 193 Å². The van der Waals surface area contributed by atoms with Crippen molar-refractivity contribution >= 4 is 11.6 Å². The van der Waals surface area contributed by atoms with Crippen molar-refractivity contribution < 1.29 is 9.90 Å². The van der Waals surface area contributed by atoms with E-state index >= 15 is 0 Å². The maximum atomic E-state index is 13.4. The van der Waals surface area contributed by atoms with Crippen LogP contribution in [0.3, 0.4) is 0 Å². The van der Waals surface area contributed by atoms with Gasteiger partial charge in [-0.1, -0.05) is 18.2 Å². The minimum Gasteiger partial charge on any atom is -0.390 e. The van der Waals surface area contributed by atoms with Crippen LogP contribution in [0.2, 0.25) is 0 Å². The van der Waals surface area contributed by atoms with Crippen LogP contribution in [0.25, 0.3) is 22.4 Å². The lowest BCUT2D eigenvalue weighted by Crippen LogP contribution is -2.54.